The molecule has 0 unspecified atom stereocenters. The summed E-state index contributed by atoms with van der Waals surface area (Å²) in [5.74, 6) is 1.62. The fraction of sp³-hybridized carbons (Fsp3) is 0.533. The molecule has 0 radical (unpaired) electrons. The van der Waals surface area contributed by atoms with E-state index in [0.29, 0.717) is 12.3 Å². The predicted molar refractivity (Wildman–Crippen MR) is 68.7 cm³/mol. The summed E-state index contributed by atoms with van der Waals surface area (Å²) < 4.78 is 5.65. The second kappa shape index (κ2) is 5.35. The molecule has 0 spiro atoms. The van der Waals surface area contributed by atoms with Crippen molar-refractivity contribution in [2.75, 3.05) is 6.61 Å². The van der Waals surface area contributed by atoms with Crippen LogP contribution >= 0.6 is 0 Å². The van der Waals surface area contributed by atoms with Gasteiger partial charge in [-0.25, -0.2) is 0 Å². The van der Waals surface area contributed by atoms with E-state index >= 15 is 0 Å². The third-order valence-electron chi connectivity index (χ3n) is 3.07. The second-order valence-corrected chi connectivity index (χ2v) is 5.15. The Kier molecular flexibility index (Phi) is 3.82. The topological polar surface area (TPSA) is 26.3 Å². The van der Waals surface area contributed by atoms with Crippen LogP contribution < -0.4 is 4.74 Å². The SMILES string of the molecule is CC(C)CC(=O)c1ccc2c(c1)CCCCO2. The molecule has 1 aromatic rings. The number of ether oxygens (including phenoxy) is 1. The van der Waals surface area contributed by atoms with Crippen LogP contribution in [-0.4, -0.2) is 12.4 Å². The molecule has 2 nitrogen and oxygen atoms in total. The minimum atomic E-state index is 0.243. The Labute approximate surface area is 103 Å². The van der Waals surface area contributed by atoms with Crippen LogP contribution in [0.3, 0.4) is 0 Å². The number of aryl methyl sites for hydroxylation is 1. The summed E-state index contributed by atoms with van der Waals surface area (Å²) in [6.07, 6.45) is 3.90. The van der Waals surface area contributed by atoms with E-state index in [1.165, 1.54) is 5.56 Å². The van der Waals surface area contributed by atoms with Crippen LogP contribution in [0.5, 0.6) is 5.75 Å². The molecular formula is C15H20O2. The summed E-state index contributed by atoms with van der Waals surface area (Å²) in [5, 5.41) is 0. The maximum Gasteiger partial charge on any atom is 0.163 e. The van der Waals surface area contributed by atoms with Gasteiger partial charge in [0.15, 0.2) is 5.78 Å². The van der Waals surface area contributed by atoms with Crippen LogP contribution in [0.25, 0.3) is 0 Å². The molecule has 0 fully saturated rings. The third-order valence-corrected chi connectivity index (χ3v) is 3.07. The van der Waals surface area contributed by atoms with E-state index in [0.717, 1.165) is 37.2 Å². The van der Waals surface area contributed by atoms with Gasteiger partial charge in [0.2, 0.25) is 0 Å². The number of ketones is 1. The van der Waals surface area contributed by atoms with Crippen LogP contribution in [0.2, 0.25) is 0 Å². The number of benzene rings is 1. The molecule has 17 heavy (non-hydrogen) atoms. The maximum atomic E-state index is 12.0. The molecule has 0 N–H and O–H groups in total. The lowest BCUT2D eigenvalue weighted by Crippen LogP contribution is -2.04. The molecule has 1 aliphatic rings. The van der Waals surface area contributed by atoms with Gasteiger partial charge in [-0.3, -0.25) is 4.79 Å². The zero-order chi connectivity index (χ0) is 12.3. The quantitative estimate of drug-likeness (QED) is 0.744. The molecule has 92 valence electrons. The van der Waals surface area contributed by atoms with Crippen molar-refractivity contribution in [1.82, 2.24) is 0 Å². The molecule has 0 aromatic heterocycles. The van der Waals surface area contributed by atoms with Gasteiger partial charge in [-0.1, -0.05) is 13.8 Å². The first-order valence-corrected chi connectivity index (χ1v) is 6.46. The van der Waals surface area contributed by atoms with Crippen molar-refractivity contribution in [3.8, 4) is 5.75 Å². The third kappa shape index (κ3) is 3.09. The Morgan fingerprint density at radius 2 is 2.18 bits per heavy atom. The zero-order valence-electron chi connectivity index (χ0n) is 10.7. The van der Waals surface area contributed by atoms with Crippen molar-refractivity contribution in [2.45, 2.75) is 39.5 Å². The standard InChI is InChI=1S/C15H20O2/c1-11(2)9-14(16)12-6-7-15-13(10-12)5-3-4-8-17-15/h6-7,10-11H,3-5,8-9H2,1-2H3. The molecule has 0 aliphatic carbocycles. The van der Waals surface area contributed by atoms with E-state index < -0.39 is 0 Å². The maximum absolute atomic E-state index is 12.0. The largest absolute Gasteiger partial charge is 0.493 e. The highest BCUT2D eigenvalue weighted by Crippen LogP contribution is 2.26. The lowest BCUT2D eigenvalue weighted by Gasteiger charge is -2.09. The molecule has 0 atom stereocenters. The summed E-state index contributed by atoms with van der Waals surface area (Å²) >= 11 is 0. The molecule has 1 aromatic carbocycles. The number of Topliss-reactive ketones (excluding diaryl/α,β-unsaturated/α-hetero) is 1. The minimum Gasteiger partial charge on any atom is -0.493 e. The molecule has 0 bridgehead atoms. The summed E-state index contributed by atoms with van der Waals surface area (Å²) in [6.45, 7) is 4.95. The first kappa shape index (κ1) is 12.2. The van der Waals surface area contributed by atoms with Crippen LogP contribution in [0.4, 0.5) is 0 Å². The average molecular weight is 232 g/mol. The van der Waals surface area contributed by atoms with Crippen LogP contribution in [0.1, 0.15) is 49.0 Å². The molecule has 0 saturated carbocycles. The van der Waals surface area contributed by atoms with Crippen LogP contribution in [-0.2, 0) is 6.42 Å². The Morgan fingerprint density at radius 3 is 2.94 bits per heavy atom. The molecule has 0 saturated heterocycles. The monoisotopic (exact) mass is 232 g/mol. The number of hydrogen-bond donors (Lipinski definition) is 0. The first-order chi connectivity index (χ1) is 8.16. The minimum absolute atomic E-state index is 0.243. The van der Waals surface area contributed by atoms with Gasteiger partial charge in [0.1, 0.15) is 5.75 Å². The predicted octanol–water partition coefficient (Wildman–Crippen LogP) is 3.63. The molecule has 1 aliphatic heterocycles. The van der Waals surface area contributed by atoms with Crippen LogP contribution in [0, 0.1) is 5.92 Å². The van der Waals surface area contributed by atoms with E-state index in [4.69, 9.17) is 4.74 Å². The molecule has 2 rings (SSSR count). The number of carbonyl (C=O) groups excluding carboxylic acids is 1. The van der Waals surface area contributed by atoms with E-state index in [1.54, 1.807) is 0 Å². The first-order valence-electron chi connectivity index (χ1n) is 6.46. The molecular weight excluding hydrogens is 212 g/mol. The summed E-state index contributed by atoms with van der Waals surface area (Å²) in [6, 6.07) is 5.87. The van der Waals surface area contributed by atoms with Crippen molar-refractivity contribution in [3.05, 3.63) is 29.3 Å². The average Bonchev–Trinajstić information content (AvgIpc) is 2.51. The van der Waals surface area contributed by atoms with Crippen molar-refractivity contribution in [1.29, 1.82) is 0 Å². The summed E-state index contributed by atoms with van der Waals surface area (Å²) in [4.78, 5) is 12.0. The lowest BCUT2D eigenvalue weighted by molar-refractivity contribution is 0.0967. The normalized spacial score (nSPS) is 15.0. The van der Waals surface area contributed by atoms with Gasteiger partial charge < -0.3 is 4.74 Å². The van der Waals surface area contributed by atoms with E-state index in [2.05, 4.69) is 13.8 Å². The van der Waals surface area contributed by atoms with Gasteiger partial charge >= 0.3 is 0 Å². The Balaban J connectivity index is 2.20. The van der Waals surface area contributed by atoms with Gasteiger partial charge in [0.05, 0.1) is 6.61 Å². The number of carbonyl (C=O) groups is 1. The highest BCUT2D eigenvalue weighted by molar-refractivity contribution is 5.96. The van der Waals surface area contributed by atoms with Crippen molar-refractivity contribution in [3.63, 3.8) is 0 Å². The van der Waals surface area contributed by atoms with Gasteiger partial charge in [0, 0.05) is 12.0 Å². The Morgan fingerprint density at radius 1 is 1.35 bits per heavy atom. The van der Waals surface area contributed by atoms with E-state index in [-0.39, 0.29) is 5.78 Å². The van der Waals surface area contributed by atoms with E-state index in [1.807, 2.05) is 18.2 Å². The van der Waals surface area contributed by atoms with Gasteiger partial charge in [-0.2, -0.15) is 0 Å². The molecule has 2 heteroatoms. The van der Waals surface area contributed by atoms with Crippen molar-refractivity contribution >= 4 is 5.78 Å². The highest BCUT2D eigenvalue weighted by atomic mass is 16.5. The highest BCUT2D eigenvalue weighted by Gasteiger charge is 2.13. The Bertz CT molecular complexity index is 407. The molecule has 0 amide bonds. The summed E-state index contributed by atoms with van der Waals surface area (Å²) in [5.41, 5.74) is 2.03. The fourth-order valence-electron chi connectivity index (χ4n) is 2.18. The summed E-state index contributed by atoms with van der Waals surface area (Å²) in [7, 11) is 0. The van der Waals surface area contributed by atoms with E-state index in [9.17, 15) is 4.79 Å². The van der Waals surface area contributed by atoms with Gasteiger partial charge in [-0.05, 0) is 48.9 Å². The van der Waals surface area contributed by atoms with Crippen molar-refractivity contribution in [2.24, 2.45) is 5.92 Å². The van der Waals surface area contributed by atoms with Gasteiger partial charge in [0.25, 0.3) is 0 Å². The lowest BCUT2D eigenvalue weighted by atomic mass is 9.98. The van der Waals surface area contributed by atoms with Gasteiger partial charge in [-0.15, -0.1) is 0 Å². The zero-order valence-corrected chi connectivity index (χ0v) is 10.7. The number of hydrogen-bond acceptors (Lipinski definition) is 2. The number of rotatable bonds is 3. The fourth-order valence-corrected chi connectivity index (χ4v) is 2.18. The Hall–Kier alpha value is -1.31. The second-order valence-electron chi connectivity index (χ2n) is 5.15. The number of fused-ring (bicyclic) bond motifs is 1. The van der Waals surface area contributed by atoms with Crippen molar-refractivity contribution < 1.29 is 9.53 Å². The van der Waals surface area contributed by atoms with Crippen LogP contribution in [0.15, 0.2) is 18.2 Å². The smallest absolute Gasteiger partial charge is 0.163 e. The molecule has 1 heterocycles.